The van der Waals surface area contributed by atoms with Crippen molar-refractivity contribution >= 4 is 40.1 Å². The van der Waals surface area contributed by atoms with Crippen LogP contribution in [0.1, 0.15) is 39.1 Å². The van der Waals surface area contributed by atoms with E-state index in [1.54, 1.807) is 30.1 Å². The first kappa shape index (κ1) is 20.1. The maximum Gasteiger partial charge on any atom is 0.261 e. The fraction of sp³-hybridized carbons (Fsp3) is 0.208. The lowest BCUT2D eigenvalue weighted by atomic mass is 9.94. The molecule has 0 saturated carbocycles. The van der Waals surface area contributed by atoms with Gasteiger partial charge in [-0.2, -0.15) is 0 Å². The summed E-state index contributed by atoms with van der Waals surface area (Å²) in [6.07, 6.45) is 0.644. The number of imide groups is 1. The number of halogens is 1. The summed E-state index contributed by atoms with van der Waals surface area (Å²) in [5.41, 5.74) is 1.94. The standard InChI is InChI=1S/C24H21ClN2O3/c1-26(15-17-7-2-3-12-20(17)25)21(28)13-6-14-27-23(29)18-10-4-8-16-9-5-11-19(22(16)18)24(27)30/h2-5,7-12H,6,13-15H2,1H3. The Hall–Kier alpha value is -3.18. The van der Waals surface area contributed by atoms with Crippen molar-refractivity contribution in [2.24, 2.45) is 0 Å². The van der Waals surface area contributed by atoms with Crippen molar-refractivity contribution < 1.29 is 14.4 Å². The maximum absolute atomic E-state index is 12.9. The number of benzene rings is 3. The largest absolute Gasteiger partial charge is 0.341 e. The minimum absolute atomic E-state index is 0.0608. The van der Waals surface area contributed by atoms with Crippen molar-refractivity contribution in [2.75, 3.05) is 13.6 Å². The minimum Gasteiger partial charge on any atom is -0.341 e. The second kappa shape index (κ2) is 8.28. The summed E-state index contributed by atoms with van der Waals surface area (Å²) in [5.74, 6) is -0.670. The molecule has 1 aliphatic heterocycles. The van der Waals surface area contributed by atoms with Gasteiger partial charge >= 0.3 is 0 Å². The van der Waals surface area contributed by atoms with Gasteiger partial charge in [-0.05, 0) is 35.6 Å². The second-order valence-corrected chi connectivity index (χ2v) is 7.82. The lowest BCUT2D eigenvalue weighted by molar-refractivity contribution is -0.130. The van der Waals surface area contributed by atoms with E-state index < -0.39 is 0 Å². The highest BCUT2D eigenvalue weighted by Gasteiger charge is 2.32. The van der Waals surface area contributed by atoms with Crippen molar-refractivity contribution in [3.63, 3.8) is 0 Å². The van der Waals surface area contributed by atoms with Crippen LogP contribution in [0.25, 0.3) is 10.8 Å². The summed E-state index contributed by atoms with van der Waals surface area (Å²) in [5, 5.41) is 2.21. The Morgan fingerprint density at radius 2 is 1.57 bits per heavy atom. The summed E-state index contributed by atoms with van der Waals surface area (Å²) in [7, 11) is 1.72. The molecule has 4 rings (SSSR count). The zero-order chi connectivity index (χ0) is 21.3. The summed E-state index contributed by atoms with van der Waals surface area (Å²) < 4.78 is 0. The molecule has 0 aromatic heterocycles. The molecular weight excluding hydrogens is 400 g/mol. The molecule has 0 unspecified atom stereocenters. The number of hydrogen-bond donors (Lipinski definition) is 0. The summed E-state index contributed by atoms with van der Waals surface area (Å²) in [6, 6.07) is 18.3. The zero-order valence-electron chi connectivity index (χ0n) is 16.6. The number of nitrogens with zero attached hydrogens (tertiary/aromatic N) is 2. The zero-order valence-corrected chi connectivity index (χ0v) is 17.4. The van der Waals surface area contributed by atoms with Gasteiger partial charge in [0.2, 0.25) is 5.91 Å². The van der Waals surface area contributed by atoms with Gasteiger partial charge in [0.25, 0.3) is 11.8 Å². The van der Waals surface area contributed by atoms with E-state index in [1.807, 2.05) is 42.5 Å². The number of hydrogen-bond acceptors (Lipinski definition) is 3. The van der Waals surface area contributed by atoms with E-state index in [2.05, 4.69) is 0 Å². The van der Waals surface area contributed by atoms with Gasteiger partial charge in [0.05, 0.1) is 0 Å². The Kier molecular flexibility index (Phi) is 5.55. The molecule has 5 nitrogen and oxygen atoms in total. The predicted molar refractivity (Wildman–Crippen MR) is 116 cm³/mol. The van der Waals surface area contributed by atoms with Crippen LogP contribution < -0.4 is 0 Å². The van der Waals surface area contributed by atoms with Crippen LogP contribution in [0.2, 0.25) is 5.02 Å². The molecule has 0 saturated heterocycles. The first-order valence-electron chi connectivity index (χ1n) is 9.82. The number of amides is 3. The Bertz CT molecular complexity index is 1110. The normalized spacial score (nSPS) is 13.1. The molecule has 0 fully saturated rings. The van der Waals surface area contributed by atoms with E-state index in [0.29, 0.717) is 34.5 Å². The van der Waals surface area contributed by atoms with E-state index in [-0.39, 0.29) is 30.7 Å². The fourth-order valence-corrected chi connectivity index (χ4v) is 4.03. The molecule has 30 heavy (non-hydrogen) atoms. The SMILES string of the molecule is CN(Cc1ccccc1Cl)C(=O)CCCN1C(=O)c2cccc3cccc(c23)C1=O. The van der Waals surface area contributed by atoms with Crippen LogP contribution in [0.3, 0.4) is 0 Å². The molecule has 3 amide bonds. The third-order valence-corrected chi connectivity index (χ3v) is 5.79. The summed E-state index contributed by atoms with van der Waals surface area (Å²) in [4.78, 5) is 41.2. The van der Waals surface area contributed by atoms with Gasteiger partial charge in [-0.15, -0.1) is 0 Å². The van der Waals surface area contributed by atoms with Gasteiger partial charge in [0, 0.05) is 48.1 Å². The van der Waals surface area contributed by atoms with Gasteiger partial charge in [0.1, 0.15) is 0 Å². The fourth-order valence-electron chi connectivity index (χ4n) is 3.83. The molecule has 0 atom stereocenters. The molecular formula is C24H21ClN2O3. The topological polar surface area (TPSA) is 57.7 Å². The molecule has 0 N–H and O–H groups in total. The van der Waals surface area contributed by atoms with E-state index in [1.165, 1.54) is 4.90 Å². The summed E-state index contributed by atoms with van der Waals surface area (Å²) in [6.45, 7) is 0.615. The Morgan fingerprint density at radius 3 is 2.20 bits per heavy atom. The molecule has 0 bridgehead atoms. The van der Waals surface area contributed by atoms with E-state index in [4.69, 9.17) is 11.6 Å². The monoisotopic (exact) mass is 420 g/mol. The predicted octanol–water partition coefficient (Wildman–Crippen LogP) is 4.53. The Labute approximate surface area is 179 Å². The van der Waals surface area contributed by atoms with Crippen molar-refractivity contribution in [1.29, 1.82) is 0 Å². The first-order valence-corrected chi connectivity index (χ1v) is 10.2. The number of carbonyl (C=O) groups excluding carboxylic acids is 3. The highest BCUT2D eigenvalue weighted by Crippen LogP contribution is 2.30. The van der Waals surface area contributed by atoms with Crippen LogP contribution in [0.15, 0.2) is 60.7 Å². The van der Waals surface area contributed by atoms with Gasteiger partial charge in [-0.3, -0.25) is 19.3 Å². The highest BCUT2D eigenvalue weighted by atomic mass is 35.5. The lowest BCUT2D eigenvalue weighted by Gasteiger charge is -2.27. The minimum atomic E-state index is -0.304. The molecule has 1 aliphatic rings. The highest BCUT2D eigenvalue weighted by molar-refractivity contribution is 6.31. The van der Waals surface area contributed by atoms with Gasteiger partial charge in [-0.25, -0.2) is 0 Å². The number of rotatable bonds is 6. The van der Waals surface area contributed by atoms with Crippen LogP contribution in [0, 0.1) is 0 Å². The molecule has 0 spiro atoms. The van der Waals surface area contributed by atoms with E-state index >= 15 is 0 Å². The molecule has 0 aliphatic carbocycles. The van der Waals surface area contributed by atoms with Gasteiger partial charge in [-0.1, -0.05) is 54.1 Å². The molecule has 6 heteroatoms. The Morgan fingerprint density at radius 1 is 0.933 bits per heavy atom. The quantitative estimate of drug-likeness (QED) is 0.550. The maximum atomic E-state index is 12.9. The van der Waals surface area contributed by atoms with E-state index in [9.17, 15) is 14.4 Å². The number of carbonyl (C=O) groups is 3. The van der Waals surface area contributed by atoms with Gasteiger partial charge < -0.3 is 4.90 Å². The van der Waals surface area contributed by atoms with Crippen LogP contribution in [0.4, 0.5) is 0 Å². The molecule has 1 heterocycles. The third-order valence-electron chi connectivity index (χ3n) is 5.42. The lowest BCUT2D eigenvalue weighted by Crippen LogP contribution is -2.41. The van der Waals surface area contributed by atoms with Gasteiger partial charge in [0.15, 0.2) is 0 Å². The molecule has 3 aromatic carbocycles. The van der Waals surface area contributed by atoms with Crippen LogP contribution in [-0.4, -0.2) is 41.1 Å². The van der Waals surface area contributed by atoms with Crippen LogP contribution >= 0.6 is 11.6 Å². The van der Waals surface area contributed by atoms with Crippen LogP contribution in [-0.2, 0) is 11.3 Å². The molecule has 152 valence electrons. The molecule has 0 radical (unpaired) electrons. The third kappa shape index (κ3) is 3.68. The van der Waals surface area contributed by atoms with Crippen molar-refractivity contribution in [2.45, 2.75) is 19.4 Å². The van der Waals surface area contributed by atoms with E-state index in [0.717, 1.165) is 10.9 Å². The summed E-state index contributed by atoms with van der Waals surface area (Å²) >= 11 is 6.17. The van der Waals surface area contributed by atoms with Crippen molar-refractivity contribution in [1.82, 2.24) is 9.80 Å². The van der Waals surface area contributed by atoms with Crippen molar-refractivity contribution in [3.8, 4) is 0 Å². The smallest absolute Gasteiger partial charge is 0.261 e. The van der Waals surface area contributed by atoms with Crippen LogP contribution in [0.5, 0.6) is 0 Å². The average molecular weight is 421 g/mol. The first-order chi connectivity index (χ1) is 14.5. The average Bonchev–Trinajstić information content (AvgIpc) is 2.75. The van der Waals surface area contributed by atoms with Crippen molar-refractivity contribution in [3.05, 3.63) is 82.4 Å². The second-order valence-electron chi connectivity index (χ2n) is 7.42. The Balaban J connectivity index is 1.41. The molecule has 3 aromatic rings.